The average molecular weight is 397 g/mol. The van der Waals surface area contributed by atoms with Gasteiger partial charge in [-0.1, -0.05) is 0 Å². The molecule has 3 rings (SSSR count). The Bertz CT molecular complexity index is 1140. The highest BCUT2D eigenvalue weighted by Gasteiger charge is 2.08. The van der Waals surface area contributed by atoms with Crippen molar-refractivity contribution < 1.29 is 18.1 Å². The average Bonchev–Trinajstić information content (AvgIpc) is 2.68. The standard InChI is InChI=1S/C18H15N5O4S/c19-17-11-15(7-10-18(17)24)23-22-13-3-1-12(2-4-13)20-21-14-5-8-16(9-6-14)28(25,26)27/h1-11,24H,19H2,(H,25,26,27). The summed E-state index contributed by atoms with van der Waals surface area (Å²) in [5, 5.41) is 25.5. The Balaban J connectivity index is 1.67. The molecule has 0 spiro atoms. The van der Waals surface area contributed by atoms with E-state index in [-0.39, 0.29) is 16.3 Å². The normalized spacial score (nSPS) is 12.0. The third-order valence-electron chi connectivity index (χ3n) is 3.56. The van der Waals surface area contributed by atoms with Crippen molar-refractivity contribution in [2.24, 2.45) is 20.5 Å². The van der Waals surface area contributed by atoms with Gasteiger partial charge in [-0.15, -0.1) is 0 Å². The molecule has 0 atom stereocenters. The van der Waals surface area contributed by atoms with Gasteiger partial charge in [-0.2, -0.15) is 28.9 Å². The van der Waals surface area contributed by atoms with Crippen molar-refractivity contribution >= 4 is 38.6 Å². The van der Waals surface area contributed by atoms with Crippen molar-refractivity contribution in [1.82, 2.24) is 0 Å². The number of aromatic hydroxyl groups is 1. The van der Waals surface area contributed by atoms with Gasteiger partial charge in [0.2, 0.25) is 0 Å². The van der Waals surface area contributed by atoms with E-state index in [9.17, 15) is 13.5 Å². The Morgan fingerprint density at radius 2 is 1.07 bits per heavy atom. The quantitative estimate of drug-likeness (QED) is 0.238. The summed E-state index contributed by atoms with van der Waals surface area (Å²) < 4.78 is 30.9. The molecule has 0 aromatic heterocycles. The number of hydrogen-bond donors (Lipinski definition) is 3. The minimum atomic E-state index is -4.23. The number of nitrogens with zero attached hydrogens (tertiary/aromatic N) is 4. The molecule has 0 aliphatic carbocycles. The number of nitrogens with two attached hydrogens (primary N) is 1. The molecule has 0 fully saturated rings. The number of anilines is 1. The smallest absolute Gasteiger partial charge is 0.294 e. The first-order valence-electron chi connectivity index (χ1n) is 7.91. The van der Waals surface area contributed by atoms with Gasteiger partial charge < -0.3 is 10.8 Å². The van der Waals surface area contributed by atoms with E-state index in [1.54, 1.807) is 30.3 Å². The van der Waals surface area contributed by atoms with Gasteiger partial charge in [0.05, 0.1) is 33.3 Å². The van der Waals surface area contributed by atoms with Gasteiger partial charge >= 0.3 is 0 Å². The second-order valence-corrected chi connectivity index (χ2v) is 7.05. The first-order valence-corrected chi connectivity index (χ1v) is 9.35. The van der Waals surface area contributed by atoms with Crippen molar-refractivity contribution in [2.45, 2.75) is 4.90 Å². The maximum Gasteiger partial charge on any atom is 0.294 e. The molecule has 0 heterocycles. The molecule has 0 aliphatic rings. The van der Waals surface area contributed by atoms with E-state index in [2.05, 4.69) is 20.5 Å². The monoisotopic (exact) mass is 397 g/mol. The molecule has 3 aromatic carbocycles. The Kier molecular flexibility index (Phi) is 5.43. The zero-order chi connectivity index (χ0) is 20.1. The largest absolute Gasteiger partial charge is 0.506 e. The fraction of sp³-hybridized carbons (Fsp3) is 0. The molecule has 0 aliphatic heterocycles. The van der Waals surface area contributed by atoms with Crippen LogP contribution >= 0.6 is 0 Å². The fourth-order valence-electron chi connectivity index (χ4n) is 2.11. The van der Waals surface area contributed by atoms with Gasteiger partial charge in [0.25, 0.3) is 10.1 Å². The second kappa shape index (κ2) is 7.94. The van der Waals surface area contributed by atoms with Crippen LogP contribution in [0.15, 0.2) is 92.1 Å². The number of azo groups is 2. The van der Waals surface area contributed by atoms with Crippen LogP contribution in [-0.4, -0.2) is 18.1 Å². The van der Waals surface area contributed by atoms with Crippen LogP contribution in [0.4, 0.5) is 28.4 Å². The van der Waals surface area contributed by atoms with Crippen molar-refractivity contribution in [1.29, 1.82) is 0 Å². The van der Waals surface area contributed by atoms with Gasteiger partial charge in [0, 0.05) is 0 Å². The molecule has 0 bridgehead atoms. The van der Waals surface area contributed by atoms with E-state index in [0.29, 0.717) is 22.7 Å². The Morgan fingerprint density at radius 1 is 0.679 bits per heavy atom. The lowest BCUT2D eigenvalue weighted by Crippen LogP contribution is -1.96. The fourth-order valence-corrected chi connectivity index (χ4v) is 2.59. The SMILES string of the molecule is Nc1cc(N=Nc2ccc(N=Nc3ccc(S(=O)(=O)O)cc3)cc2)ccc1O. The molecule has 4 N–H and O–H groups in total. The maximum absolute atomic E-state index is 11.0. The number of nitrogen functional groups attached to an aromatic ring is 1. The van der Waals surface area contributed by atoms with Crippen LogP contribution in [0.5, 0.6) is 5.75 Å². The van der Waals surface area contributed by atoms with E-state index >= 15 is 0 Å². The van der Waals surface area contributed by atoms with Gasteiger partial charge in [-0.3, -0.25) is 4.55 Å². The third-order valence-corrected chi connectivity index (χ3v) is 4.43. The summed E-state index contributed by atoms with van der Waals surface area (Å²) in [7, 11) is -4.23. The maximum atomic E-state index is 11.0. The van der Waals surface area contributed by atoms with E-state index in [1.165, 1.54) is 36.4 Å². The minimum absolute atomic E-state index is 0.0127. The second-order valence-electron chi connectivity index (χ2n) is 5.63. The molecule has 142 valence electrons. The highest BCUT2D eigenvalue weighted by atomic mass is 32.2. The summed E-state index contributed by atoms with van der Waals surface area (Å²) in [6.07, 6.45) is 0. The Morgan fingerprint density at radius 3 is 1.50 bits per heavy atom. The molecule has 0 amide bonds. The highest BCUT2D eigenvalue weighted by molar-refractivity contribution is 7.85. The molecule has 0 radical (unpaired) electrons. The van der Waals surface area contributed by atoms with Crippen LogP contribution in [0.25, 0.3) is 0 Å². The highest BCUT2D eigenvalue weighted by Crippen LogP contribution is 2.27. The summed E-state index contributed by atoms with van der Waals surface area (Å²) in [6, 6.07) is 16.6. The first kappa shape index (κ1) is 19.1. The molecule has 28 heavy (non-hydrogen) atoms. The Labute approximate surface area is 160 Å². The number of phenols is 1. The van der Waals surface area contributed by atoms with Crippen LogP contribution in [0.1, 0.15) is 0 Å². The zero-order valence-corrected chi connectivity index (χ0v) is 15.2. The molecule has 0 saturated carbocycles. The van der Waals surface area contributed by atoms with Crippen molar-refractivity contribution in [2.75, 3.05) is 5.73 Å². The Hall–Kier alpha value is -3.63. The molecular weight excluding hydrogens is 382 g/mol. The summed E-state index contributed by atoms with van der Waals surface area (Å²) in [6.45, 7) is 0. The van der Waals surface area contributed by atoms with E-state index in [4.69, 9.17) is 10.3 Å². The first-order chi connectivity index (χ1) is 13.3. The molecule has 9 nitrogen and oxygen atoms in total. The van der Waals surface area contributed by atoms with Crippen LogP contribution in [0, 0.1) is 0 Å². The summed E-state index contributed by atoms with van der Waals surface area (Å²) in [5.74, 6) is -0.0127. The lowest BCUT2D eigenvalue weighted by atomic mass is 10.2. The number of rotatable bonds is 5. The van der Waals surface area contributed by atoms with Crippen molar-refractivity contribution in [3.05, 3.63) is 66.7 Å². The van der Waals surface area contributed by atoms with E-state index in [1.807, 2.05) is 0 Å². The van der Waals surface area contributed by atoms with Crippen LogP contribution in [-0.2, 0) is 10.1 Å². The third kappa shape index (κ3) is 4.96. The lowest BCUT2D eigenvalue weighted by Gasteiger charge is -1.99. The van der Waals surface area contributed by atoms with Gasteiger partial charge in [0.1, 0.15) is 5.75 Å². The predicted molar refractivity (Wildman–Crippen MR) is 104 cm³/mol. The van der Waals surface area contributed by atoms with Crippen LogP contribution < -0.4 is 5.73 Å². The van der Waals surface area contributed by atoms with E-state index in [0.717, 1.165) is 0 Å². The number of benzene rings is 3. The summed E-state index contributed by atoms with van der Waals surface area (Å²) in [4.78, 5) is -0.212. The number of phenolic OH excluding ortho intramolecular Hbond substituents is 1. The van der Waals surface area contributed by atoms with Crippen molar-refractivity contribution in [3.63, 3.8) is 0 Å². The minimum Gasteiger partial charge on any atom is -0.506 e. The van der Waals surface area contributed by atoms with Gasteiger partial charge in [-0.05, 0) is 66.7 Å². The molecule has 10 heteroatoms. The van der Waals surface area contributed by atoms with Crippen LogP contribution in [0.2, 0.25) is 0 Å². The summed E-state index contributed by atoms with van der Waals surface area (Å²) >= 11 is 0. The lowest BCUT2D eigenvalue weighted by molar-refractivity contribution is 0.478. The zero-order valence-electron chi connectivity index (χ0n) is 14.3. The number of hydrogen-bond acceptors (Lipinski definition) is 8. The topological polar surface area (TPSA) is 150 Å². The van der Waals surface area contributed by atoms with Gasteiger partial charge in [-0.25, -0.2) is 0 Å². The van der Waals surface area contributed by atoms with E-state index < -0.39 is 10.1 Å². The molecule has 0 saturated heterocycles. The molecular formula is C18H15N5O4S. The molecule has 0 unspecified atom stereocenters. The molecule has 3 aromatic rings. The van der Waals surface area contributed by atoms with Crippen molar-refractivity contribution in [3.8, 4) is 5.75 Å². The predicted octanol–water partition coefficient (Wildman–Crippen LogP) is 5.05. The van der Waals surface area contributed by atoms with Crippen LogP contribution in [0.3, 0.4) is 0 Å². The van der Waals surface area contributed by atoms with Gasteiger partial charge in [0.15, 0.2) is 0 Å². The summed E-state index contributed by atoms with van der Waals surface area (Å²) in [5.41, 5.74) is 7.91.